The number of thiazole rings is 2. The molecule has 31 heavy (non-hydrogen) atoms. The number of benzene rings is 1. The second kappa shape index (κ2) is 9.36. The van der Waals surface area contributed by atoms with Gasteiger partial charge < -0.3 is 16.0 Å². The Morgan fingerprint density at radius 2 is 2.06 bits per heavy atom. The van der Waals surface area contributed by atoms with Crippen molar-refractivity contribution in [2.45, 2.75) is 26.2 Å². The molecule has 10 heteroatoms. The summed E-state index contributed by atoms with van der Waals surface area (Å²) in [6.45, 7) is 2.29. The van der Waals surface area contributed by atoms with Crippen molar-refractivity contribution in [2.24, 2.45) is 5.92 Å². The Kier molecular flexibility index (Phi) is 6.38. The quantitative estimate of drug-likeness (QED) is 0.528. The minimum absolute atomic E-state index is 0.0289. The smallest absolute Gasteiger partial charge is 0.231 e. The normalized spacial score (nSPS) is 15.9. The lowest BCUT2D eigenvalue weighted by Gasteiger charge is -2.20. The topological polar surface area (TPSA) is 113 Å². The summed E-state index contributed by atoms with van der Waals surface area (Å²) in [6, 6.07) is 7.55. The second-order valence-electron chi connectivity index (χ2n) is 7.23. The Morgan fingerprint density at radius 3 is 2.81 bits per heavy atom. The lowest BCUT2D eigenvalue weighted by molar-refractivity contribution is -0.126. The maximum Gasteiger partial charge on any atom is 0.231 e. The zero-order chi connectivity index (χ0) is 21.8. The molecule has 1 atom stereocenters. The van der Waals surface area contributed by atoms with E-state index in [1.54, 1.807) is 16.7 Å². The first-order valence-corrected chi connectivity index (χ1v) is 11.6. The van der Waals surface area contributed by atoms with Crippen LogP contribution < -0.4 is 16.0 Å². The summed E-state index contributed by atoms with van der Waals surface area (Å²) in [5.41, 5.74) is 3.10. The zero-order valence-electron chi connectivity index (χ0n) is 16.8. The molecule has 1 fully saturated rings. The van der Waals surface area contributed by atoms with Gasteiger partial charge in [0, 0.05) is 35.0 Å². The van der Waals surface area contributed by atoms with Crippen LogP contribution in [0.15, 0.2) is 35.0 Å². The van der Waals surface area contributed by atoms with Gasteiger partial charge in [0.2, 0.25) is 17.7 Å². The molecule has 4 rings (SSSR count). The number of carbonyl (C=O) groups excluding carboxylic acids is 3. The summed E-state index contributed by atoms with van der Waals surface area (Å²) >= 11 is 2.86. The van der Waals surface area contributed by atoms with Crippen LogP contribution in [0, 0.1) is 12.8 Å². The van der Waals surface area contributed by atoms with Crippen molar-refractivity contribution >= 4 is 51.2 Å². The highest BCUT2D eigenvalue weighted by molar-refractivity contribution is 7.14. The van der Waals surface area contributed by atoms with Gasteiger partial charge in [-0.2, -0.15) is 0 Å². The van der Waals surface area contributed by atoms with Crippen LogP contribution in [-0.4, -0.2) is 34.2 Å². The third-order valence-electron chi connectivity index (χ3n) is 4.82. The van der Waals surface area contributed by atoms with E-state index in [0.717, 1.165) is 16.3 Å². The van der Waals surface area contributed by atoms with Gasteiger partial charge in [0.25, 0.3) is 0 Å². The van der Waals surface area contributed by atoms with Crippen molar-refractivity contribution in [3.8, 4) is 11.3 Å². The Bertz CT molecular complexity index is 1110. The molecule has 1 aromatic carbocycles. The van der Waals surface area contributed by atoms with E-state index < -0.39 is 0 Å². The molecule has 3 N–H and O–H groups in total. The van der Waals surface area contributed by atoms with Crippen LogP contribution in [-0.2, 0) is 20.8 Å². The number of hydrogen-bond acceptors (Lipinski definition) is 7. The standard InChI is InChI=1S/C21H21N5O3S2/c1-12-23-17(11-30-12)13-3-2-4-15(7-13)24-19(28)8-16-10-31-21(25-16)26-20(29)14-5-6-18(27)22-9-14/h2-4,7,10-11,14H,5-6,8-9H2,1H3,(H,22,27)(H,24,28)(H,25,26,29). The van der Waals surface area contributed by atoms with E-state index >= 15 is 0 Å². The lowest BCUT2D eigenvalue weighted by Crippen LogP contribution is -2.40. The molecular weight excluding hydrogens is 434 g/mol. The fraction of sp³-hybridized carbons (Fsp3) is 0.286. The number of aryl methyl sites for hydroxylation is 1. The fourth-order valence-corrected chi connectivity index (χ4v) is 4.57. The highest BCUT2D eigenvalue weighted by Gasteiger charge is 2.25. The molecule has 0 radical (unpaired) electrons. The number of rotatable bonds is 6. The molecule has 1 unspecified atom stereocenters. The summed E-state index contributed by atoms with van der Waals surface area (Å²) in [7, 11) is 0. The van der Waals surface area contributed by atoms with Crippen LogP contribution in [0.5, 0.6) is 0 Å². The van der Waals surface area contributed by atoms with E-state index in [-0.39, 0.29) is 30.1 Å². The molecule has 8 nitrogen and oxygen atoms in total. The molecule has 1 saturated heterocycles. The van der Waals surface area contributed by atoms with Crippen molar-refractivity contribution in [1.82, 2.24) is 15.3 Å². The van der Waals surface area contributed by atoms with Gasteiger partial charge in [0.05, 0.1) is 28.7 Å². The summed E-state index contributed by atoms with van der Waals surface area (Å²) in [5, 5.41) is 13.5. The molecule has 0 aliphatic carbocycles. The third-order valence-corrected chi connectivity index (χ3v) is 6.40. The van der Waals surface area contributed by atoms with Gasteiger partial charge in [0.1, 0.15) is 0 Å². The SMILES string of the molecule is Cc1nc(-c2cccc(NC(=O)Cc3csc(NC(=O)C4CCC(=O)NC4)n3)c2)cs1. The molecule has 0 bridgehead atoms. The van der Waals surface area contributed by atoms with Crippen molar-refractivity contribution in [1.29, 1.82) is 0 Å². The average molecular weight is 456 g/mol. The molecule has 2 aromatic heterocycles. The first-order valence-electron chi connectivity index (χ1n) is 9.80. The first kappa shape index (κ1) is 21.1. The molecule has 160 valence electrons. The monoisotopic (exact) mass is 455 g/mol. The number of anilines is 2. The predicted octanol–water partition coefficient (Wildman–Crippen LogP) is 3.22. The molecule has 0 spiro atoms. The van der Waals surface area contributed by atoms with Gasteiger partial charge in [-0.05, 0) is 25.5 Å². The van der Waals surface area contributed by atoms with E-state index in [1.807, 2.05) is 36.6 Å². The molecular formula is C21H21N5O3S2. The van der Waals surface area contributed by atoms with E-state index in [0.29, 0.717) is 35.9 Å². The number of nitrogens with zero attached hydrogens (tertiary/aromatic N) is 2. The number of aromatic nitrogens is 2. The lowest BCUT2D eigenvalue weighted by atomic mass is 9.98. The Morgan fingerprint density at radius 1 is 1.19 bits per heavy atom. The van der Waals surface area contributed by atoms with Crippen LogP contribution in [0.1, 0.15) is 23.5 Å². The highest BCUT2D eigenvalue weighted by Crippen LogP contribution is 2.24. The van der Waals surface area contributed by atoms with E-state index in [2.05, 4.69) is 25.9 Å². The molecule has 1 aliphatic heterocycles. The zero-order valence-corrected chi connectivity index (χ0v) is 18.4. The maximum atomic E-state index is 12.5. The number of carbonyl (C=O) groups is 3. The van der Waals surface area contributed by atoms with Gasteiger partial charge >= 0.3 is 0 Å². The highest BCUT2D eigenvalue weighted by atomic mass is 32.1. The maximum absolute atomic E-state index is 12.5. The summed E-state index contributed by atoms with van der Waals surface area (Å²) in [6.07, 6.45) is 0.981. The number of amides is 3. The van der Waals surface area contributed by atoms with Gasteiger partial charge in [0.15, 0.2) is 5.13 Å². The van der Waals surface area contributed by atoms with Gasteiger partial charge in [-0.1, -0.05) is 12.1 Å². The number of piperidine rings is 1. The van der Waals surface area contributed by atoms with Crippen molar-refractivity contribution in [3.63, 3.8) is 0 Å². The second-order valence-corrected chi connectivity index (χ2v) is 9.15. The summed E-state index contributed by atoms with van der Waals surface area (Å²) < 4.78 is 0. The molecule has 0 saturated carbocycles. The van der Waals surface area contributed by atoms with Crippen LogP contribution in [0.25, 0.3) is 11.3 Å². The van der Waals surface area contributed by atoms with Crippen molar-refractivity contribution in [2.75, 3.05) is 17.2 Å². The Labute approximate surface area is 187 Å². The first-order chi connectivity index (χ1) is 15.0. The predicted molar refractivity (Wildman–Crippen MR) is 121 cm³/mol. The van der Waals surface area contributed by atoms with Gasteiger partial charge in [-0.25, -0.2) is 9.97 Å². The van der Waals surface area contributed by atoms with Gasteiger partial charge in [-0.3, -0.25) is 14.4 Å². The van der Waals surface area contributed by atoms with E-state index in [9.17, 15) is 14.4 Å². The average Bonchev–Trinajstić information content (AvgIpc) is 3.37. The summed E-state index contributed by atoms with van der Waals surface area (Å²) in [4.78, 5) is 44.8. The Hall–Kier alpha value is -3.11. The van der Waals surface area contributed by atoms with Crippen LogP contribution in [0.3, 0.4) is 0 Å². The van der Waals surface area contributed by atoms with Gasteiger partial charge in [-0.15, -0.1) is 22.7 Å². The molecule has 1 aliphatic rings. The Balaban J connectivity index is 1.32. The molecule has 3 amide bonds. The van der Waals surface area contributed by atoms with Crippen LogP contribution in [0.4, 0.5) is 10.8 Å². The van der Waals surface area contributed by atoms with E-state index in [1.165, 1.54) is 11.3 Å². The van der Waals surface area contributed by atoms with Crippen LogP contribution in [0.2, 0.25) is 0 Å². The number of hydrogen-bond donors (Lipinski definition) is 3. The molecule has 3 heterocycles. The van der Waals surface area contributed by atoms with Crippen molar-refractivity contribution in [3.05, 3.63) is 45.7 Å². The van der Waals surface area contributed by atoms with E-state index in [4.69, 9.17) is 0 Å². The molecule has 3 aromatic rings. The largest absolute Gasteiger partial charge is 0.355 e. The van der Waals surface area contributed by atoms with Crippen LogP contribution >= 0.6 is 22.7 Å². The minimum atomic E-state index is -0.262. The minimum Gasteiger partial charge on any atom is -0.355 e. The third kappa shape index (κ3) is 5.53. The fourth-order valence-electron chi connectivity index (χ4n) is 3.23. The number of nitrogens with one attached hydrogen (secondary N) is 3. The summed E-state index contributed by atoms with van der Waals surface area (Å²) in [5.74, 6) is -0.648. The van der Waals surface area contributed by atoms with Crippen molar-refractivity contribution < 1.29 is 14.4 Å².